The van der Waals surface area contributed by atoms with Gasteiger partial charge in [0.25, 0.3) is 0 Å². The summed E-state index contributed by atoms with van der Waals surface area (Å²) in [5, 5.41) is 1.97. The summed E-state index contributed by atoms with van der Waals surface area (Å²) in [6.45, 7) is 0. The molecule has 0 aliphatic heterocycles. The molecular formula is C13H14ClNO2S. The highest BCUT2D eigenvalue weighted by atomic mass is 35.5. The van der Waals surface area contributed by atoms with Gasteiger partial charge in [-0.2, -0.15) is 0 Å². The van der Waals surface area contributed by atoms with Gasteiger partial charge in [-0.3, -0.25) is 0 Å². The van der Waals surface area contributed by atoms with Gasteiger partial charge in [0, 0.05) is 4.88 Å². The van der Waals surface area contributed by atoms with E-state index in [0.29, 0.717) is 5.56 Å². The molecule has 0 radical (unpaired) electrons. The molecule has 0 fully saturated rings. The van der Waals surface area contributed by atoms with Crippen LogP contribution in [0.1, 0.15) is 26.8 Å². The third-order valence-corrected chi connectivity index (χ3v) is 3.51. The molecule has 1 heterocycles. The number of benzene rings is 1. The predicted molar refractivity (Wildman–Crippen MR) is 75.4 cm³/mol. The summed E-state index contributed by atoms with van der Waals surface area (Å²) in [5.74, 6) is -0.354. The molecule has 0 bridgehead atoms. The minimum absolute atomic E-state index is 0. The average molecular weight is 284 g/mol. The Balaban J connectivity index is 0.00000162. The highest BCUT2D eigenvalue weighted by Crippen LogP contribution is 2.26. The summed E-state index contributed by atoms with van der Waals surface area (Å²) in [5.41, 5.74) is 7.47. The van der Waals surface area contributed by atoms with Crippen molar-refractivity contribution in [2.75, 3.05) is 7.11 Å². The lowest BCUT2D eigenvalue weighted by Gasteiger charge is -2.13. The van der Waals surface area contributed by atoms with E-state index in [4.69, 9.17) is 10.5 Å². The van der Waals surface area contributed by atoms with Crippen molar-refractivity contribution in [3.8, 4) is 0 Å². The zero-order chi connectivity index (χ0) is 12.3. The van der Waals surface area contributed by atoms with E-state index in [9.17, 15) is 4.79 Å². The molecule has 0 amide bonds. The number of halogens is 1. The Morgan fingerprint density at radius 3 is 2.61 bits per heavy atom. The number of hydrogen-bond acceptors (Lipinski definition) is 4. The highest BCUT2D eigenvalue weighted by Gasteiger charge is 2.18. The maximum Gasteiger partial charge on any atom is 0.338 e. The summed E-state index contributed by atoms with van der Waals surface area (Å²) < 4.78 is 4.75. The van der Waals surface area contributed by atoms with Crippen LogP contribution >= 0.6 is 23.7 Å². The van der Waals surface area contributed by atoms with E-state index in [2.05, 4.69) is 0 Å². The van der Waals surface area contributed by atoms with E-state index >= 15 is 0 Å². The van der Waals surface area contributed by atoms with Crippen LogP contribution in [-0.2, 0) is 4.74 Å². The number of thiophene rings is 1. The van der Waals surface area contributed by atoms with Crippen LogP contribution in [0.25, 0.3) is 0 Å². The topological polar surface area (TPSA) is 52.3 Å². The highest BCUT2D eigenvalue weighted by molar-refractivity contribution is 7.10. The molecule has 18 heavy (non-hydrogen) atoms. The molecule has 3 nitrogen and oxygen atoms in total. The van der Waals surface area contributed by atoms with Gasteiger partial charge in [0.2, 0.25) is 0 Å². The molecule has 0 saturated heterocycles. The van der Waals surface area contributed by atoms with Crippen molar-refractivity contribution in [1.82, 2.24) is 0 Å². The minimum Gasteiger partial charge on any atom is -0.465 e. The first-order valence-corrected chi connectivity index (χ1v) is 6.08. The summed E-state index contributed by atoms with van der Waals surface area (Å²) in [4.78, 5) is 12.7. The minimum atomic E-state index is -0.354. The van der Waals surface area contributed by atoms with Gasteiger partial charge < -0.3 is 10.5 Å². The molecule has 0 spiro atoms. The Morgan fingerprint density at radius 1 is 1.28 bits per heavy atom. The number of carbonyl (C=O) groups is 1. The predicted octanol–water partition coefficient (Wildman–Crippen LogP) is 3.00. The second kappa shape index (κ2) is 6.54. The van der Waals surface area contributed by atoms with Crippen LogP contribution in [0, 0.1) is 0 Å². The quantitative estimate of drug-likeness (QED) is 0.881. The van der Waals surface area contributed by atoms with Gasteiger partial charge in [-0.05, 0) is 23.1 Å². The van der Waals surface area contributed by atoms with Crippen LogP contribution in [0.4, 0.5) is 0 Å². The molecule has 2 rings (SSSR count). The third-order valence-electron chi connectivity index (χ3n) is 2.55. The molecule has 0 aliphatic carbocycles. The van der Waals surface area contributed by atoms with E-state index in [-0.39, 0.29) is 24.4 Å². The standard InChI is InChI=1S/C13H13NO2S.ClH/c1-16-13(15)10-6-3-2-5-9(10)12(14)11-7-4-8-17-11;/h2-8,12H,14H2,1H3;1H/t12-;/m1./s1. The molecule has 0 aliphatic rings. The first kappa shape index (κ1) is 14.7. The summed E-state index contributed by atoms with van der Waals surface area (Å²) in [6.07, 6.45) is 0. The lowest BCUT2D eigenvalue weighted by molar-refractivity contribution is 0.0599. The van der Waals surface area contributed by atoms with E-state index in [0.717, 1.165) is 10.4 Å². The molecule has 0 unspecified atom stereocenters. The number of esters is 1. The van der Waals surface area contributed by atoms with Crippen molar-refractivity contribution < 1.29 is 9.53 Å². The molecular weight excluding hydrogens is 270 g/mol. The lowest BCUT2D eigenvalue weighted by atomic mass is 10.00. The zero-order valence-electron chi connectivity index (χ0n) is 9.83. The molecule has 2 aromatic rings. The Hall–Kier alpha value is -1.36. The van der Waals surface area contributed by atoms with Crippen LogP contribution in [0.15, 0.2) is 41.8 Å². The van der Waals surface area contributed by atoms with E-state index in [1.54, 1.807) is 23.5 Å². The van der Waals surface area contributed by atoms with Gasteiger partial charge in [-0.1, -0.05) is 24.3 Å². The van der Waals surface area contributed by atoms with Crippen LogP contribution in [0.3, 0.4) is 0 Å². The first-order valence-electron chi connectivity index (χ1n) is 5.20. The fraction of sp³-hybridized carbons (Fsp3) is 0.154. The second-order valence-electron chi connectivity index (χ2n) is 3.57. The third kappa shape index (κ3) is 2.90. The monoisotopic (exact) mass is 283 g/mol. The number of hydrogen-bond donors (Lipinski definition) is 1. The maximum atomic E-state index is 11.6. The molecule has 1 atom stereocenters. The number of nitrogens with two attached hydrogens (primary N) is 1. The second-order valence-corrected chi connectivity index (χ2v) is 4.55. The van der Waals surface area contributed by atoms with Crippen LogP contribution in [0.2, 0.25) is 0 Å². The van der Waals surface area contributed by atoms with Gasteiger partial charge in [0.1, 0.15) is 0 Å². The van der Waals surface area contributed by atoms with Crippen molar-refractivity contribution in [3.05, 3.63) is 57.8 Å². The Labute approximate surface area is 116 Å². The van der Waals surface area contributed by atoms with Gasteiger partial charge in [0.15, 0.2) is 0 Å². The maximum absolute atomic E-state index is 11.6. The first-order chi connectivity index (χ1) is 8.24. The summed E-state index contributed by atoms with van der Waals surface area (Å²) in [6, 6.07) is 10.9. The normalized spacial score (nSPS) is 11.4. The SMILES string of the molecule is COC(=O)c1ccccc1[C@@H](N)c1cccs1.Cl. The van der Waals surface area contributed by atoms with E-state index in [1.165, 1.54) is 7.11 Å². The van der Waals surface area contributed by atoms with Gasteiger partial charge in [-0.25, -0.2) is 4.79 Å². The Morgan fingerprint density at radius 2 is 2.00 bits per heavy atom. The van der Waals surface area contributed by atoms with Crippen molar-refractivity contribution in [2.24, 2.45) is 5.73 Å². The largest absolute Gasteiger partial charge is 0.465 e. The molecule has 2 N–H and O–H groups in total. The van der Waals surface area contributed by atoms with Gasteiger partial charge in [-0.15, -0.1) is 23.7 Å². The molecule has 5 heteroatoms. The summed E-state index contributed by atoms with van der Waals surface area (Å²) >= 11 is 1.58. The van der Waals surface area contributed by atoms with Crippen molar-refractivity contribution in [3.63, 3.8) is 0 Å². The molecule has 0 saturated carbocycles. The molecule has 96 valence electrons. The van der Waals surface area contributed by atoms with Crippen LogP contribution in [0.5, 0.6) is 0 Å². The van der Waals surface area contributed by atoms with Crippen molar-refractivity contribution in [2.45, 2.75) is 6.04 Å². The smallest absolute Gasteiger partial charge is 0.338 e. The number of ether oxygens (including phenoxy) is 1. The zero-order valence-corrected chi connectivity index (χ0v) is 11.5. The number of carbonyl (C=O) groups excluding carboxylic acids is 1. The fourth-order valence-corrected chi connectivity index (χ4v) is 2.43. The number of methoxy groups -OCH3 is 1. The molecule has 1 aromatic heterocycles. The number of rotatable bonds is 3. The lowest BCUT2D eigenvalue weighted by Crippen LogP contribution is -2.15. The Kier molecular flexibility index (Phi) is 5.34. The van der Waals surface area contributed by atoms with Crippen molar-refractivity contribution >= 4 is 29.7 Å². The van der Waals surface area contributed by atoms with E-state index < -0.39 is 0 Å². The average Bonchev–Trinajstić information content (AvgIpc) is 2.91. The fourth-order valence-electron chi connectivity index (χ4n) is 1.69. The Bertz CT molecular complexity index is 513. The van der Waals surface area contributed by atoms with Crippen LogP contribution in [-0.4, -0.2) is 13.1 Å². The van der Waals surface area contributed by atoms with Crippen LogP contribution < -0.4 is 5.73 Å². The molecule has 1 aromatic carbocycles. The van der Waals surface area contributed by atoms with Gasteiger partial charge in [0.05, 0.1) is 18.7 Å². The van der Waals surface area contributed by atoms with Gasteiger partial charge >= 0.3 is 5.97 Å². The van der Waals surface area contributed by atoms with Crippen molar-refractivity contribution in [1.29, 1.82) is 0 Å². The van der Waals surface area contributed by atoms with E-state index in [1.807, 2.05) is 29.6 Å². The summed E-state index contributed by atoms with van der Waals surface area (Å²) in [7, 11) is 1.37.